The third-order valence-electron chi connectivity index (χ3n) is 13.4. The third-order valence-corrected chi connectivity index (χ3v) is 14.5. The molecule has 0 atom stereocenters. The third kappa shape index (κ3) is 4.55. The number of aromatic nitrogens is 1. The summed E-state index contributed by atoms with van der Waals surface area (Å²) in [5, 5.41) is 13.1. The number of fused-ring (bicyclic) bond motifs is 16. The predicted octanol–water partition coefficient (Wildman–Crippen LogP) is 16.3. The van der Waals surface area contributed by atoms with Crippen LogP contribution >= 0.6 is 11.3 Å². The molecule has 12 aromatic rings. The fraction of sp³-hybridized carbons (Fsp3) is 0.0526. The lowest BCUT2D eigenvalue weighted by Crippen LogP contribution is -2.14. The monoisotopic (exact) mass is 767 g/mol. The van der Waals surface area contributed by atoms with Crippen LogP contribution in [0.4, 0.5) is 0 Å². The maximum absolute atomic E-state index is 2.46. The summed E-state index contributed by atoms with van der Waals surface area (Å²) < 4.78 is 5.09. The van der Waals surface area contributed by atoms with Crippen LogP contribution in [0.2, 0.25) is 0 Å². The lowest BCUT2D eigenvalue weighted by atomic mass is 9.82. The van der Waals surface area contributed by atoms with E-state index in [0.29, 0.717) is 0 Å². The van der Waals surface area contributed by atoms with Crippen molar-refractivity contribution in [2.75, 3.05) is 0 Å². The maximum Gasteiger partial charge on any atom is 0.0547 e. The second-order valence-corrected chi connectivity index (χ2v) is 17.9. The quantitative estimate of drug-likeness (QED) is 0.158. The first kappa shape index (κ1) is 33.0. The number of rotatable bonds is 3. The van der Waals surface area contributed by atoms with Crippen molar-refractivity contribution in [3.8, 4) is 39.1 Å². The predicted molar refractivity (Wildman–Crippen MR) is 255 cm³/mol. The van der Waals surface area contributed by atoms with Crippen LogP contribution in [0.25, 0.3) is 113 Å². The highest BCUT2D eigenvalue weighted by atomic mass is 32.1. The van der Waals surface area contributed by atoms with E-state index in [9.17, 15) is 0 Å². The van der Waals surface area contributed by atoms with Crippen molar-refractivity contribution in [1.82, 2.24) is 4.57 Å². The average molecular weight is 768 g/mol. The van der Waals surface area contributed by atoms with E-state index in [1.807, 2.05) is 11.3 Å². The Morgan fingerprint density at radius 1 is 0.373 bits per heavy atom. The van der Waals surface area contributed by atoms with Crippen LogP contribution in [-0.2, 0) is 5.41 Å². The van der Waals surface area contributed by atoms with E-state index in [2.05, 4.69) is 206 Å². The molecule has 0 saturated heterocycles. The molecule has 0 aliphatic heterocycles. The van der Waals surface area contributed by atoms with Gasteiger partial charge in [-0.2, -0.15) is 0 Å². The minimum Gasteiger partial charge on any atom is -0.309 e. The molecule has 2 aromatic heterocycles. The van der Waals surface area contributed by atoms with E-state index in [-0.39, 0.29) is 5.41 Å². The number of thiophene rings is 1. The summed E-state index contributed by atoms with van der Waals surface area (Å²) in [4.78, 5) is 0. The Morgan fingerprint density at radius 3 is 1.75 bits per heavy atom. The zero-order valence-electron chi connectivity index (χ0n) is 32.8. The second kappa shape index (κ2) is 12.0. The van der Waals surface area contributed by atoms with Gasteiger partial charge in [0.1, 0.15) is 0 Å². The van der Waals surface area contributed by atoms with Gasteiger partial charge in [0, 0.05) is 42.0 Å². The minimum absolute atomic E-state index is 0.0758. The molecule has 10 aromatic carbocycles. The maximum atomic E-state index is 2.46. The fourth-order valence-corrected chi connectivity index (χ4v) is 11.8. The van der Waals surface area contributed by atoms with Crippen molar-refractivity contribution >= 4 is 85.6 Å². The summed E-state index contributed by atoms with van der Waals surface area (Å²) in [6.45, 7) is 4.75. The van der Waals surface area contributed by atoms with Crippen molar-refractivity contribution in [3.05, 3.63) is 199 Å². The molecule has 1 aliphatic carbocycles. The number of benzene rings is 10. The molecule has 0 radical (unpaired) electrons. The highest BCUT2D eigenvalue weighted by Gasteiger charge is 2.37. The highest BCUT2D eigenvalue weighted by Crippen LogP contribution is 2.53. The van der Waals surface area contributed by atoms with Gasteiger partial charge in [0.05, 0.1) is 11.0 Å². The van der Waals surface area contributed by atoms with Crippen LogP contribution in [-0.4, -0.2) is 4.57 Å². The zero-order valence-corrected chi connectivity index (χ0v) is 33.6. The Balaban J connectivity index is 1.04. The summed E-state index contributed by atoms with van der Waals surface area (Å²) in [7, 11) is 0. The summed E-state index contributed by atoms with van der Waals surface area (Å²) in [5.41, 5.74) is 14.1. The molecule has 2 heteroatoms. The van der Waals surface area contributed by atoms with Crippen LogP contribution < -0.4 is 0 Å². The molecule has 0 spiro atoms. The van der Waals surface area contributed by atoms with Gasteiger partial charge in [0.2, 0.25) is 0 Å². The molecule has 1 aliphatic rings. The first-order valence-corrected chi connectivity index (χ1v) is 21.4. The van der Waals surface area contributed by atoms with Gasteiger partial charge in [-0.05, 0) is 131 Å². The number of nitrogens with zero attached hydrogens (tertiary/aromatic N) is 1. The van der Waals surface area contributed by atoms with Gasteiger partial charge in [0.25, 0.3) is 0 Å². The summed E-state index contributed by atoms with van der Waals surface area (Å²) in [6, 6.07) is 70.5. The largest absolute Gasteiger partial charge is 0.309 e. The van der Waals surface area contributed by atoms with Crippen molar-refractivity contribution < 1.29 is 0 Å². The Kier molecular flexibility index (Phi) is 6.73. The molecule has 0 amide bonds. The lowest BCUT2D eigenvalue weighted by molar-refractivity contribution is 0.661. The summed E-state index contributed by atoms with van der Waals surface area (Å²) in [5.74, 6) is 0. The number of hydrogen-bond donors (Lipinski definition) is 0. The topological polar surface area (TPSA) is 4.93 Å². The Hall–Kier alpha value is -7.00. The van der Waals surface area contributed by atoms with E-state index in [0.717, 1.165) is 0 Å². The van der Waals surface area contributed by atoms with Gasteiger partial charge in [-0.3, -0.25) is 0 Å². The van der Waals surface area contributed by atoms with Gasteiger partial charge in [0.15, 0.2) is 0 Å². The van der Waals surface area contributed by atoms with Crippen molar-refractivity contribution in [1.29, 1.82) is 0 Å². The Labute approximate surface area is 346 Å². The van der Waals surface area contributed by atoms with Gasteiger partial charge >= 0.3 is 0 Å². The Morgan fingerprint density at radius 2 is 0.966 bits per heavy atom. The standard InChI is InChI=1S/C57H37NS/c1-57(2)48-21-11-10-19-44(48)55-49(57)27-29-51-56(55)46-31-34(24-28-50(46)58(51)37-13-4-3-5-14-37)35-25-30-52-47(32-35)54-38(20-12-22-53(54)59-52)36-23-26-43-41-17-7-6-15-39(41)40-16-8-9-18-42(40)45(43)33-36/h3-33H,1-2H3. The molecule has 13 rings (SSSR count). The first-order valence-electron chi connectivity index (χ1n) is 20.6. The second-order valence-electron chi connectivity index (χ2n) is 16.8. The van der Waals surface area contributed by atoms with Gasteiger partial charge < -0.3 is 4.57 Å². The van der Waals surface area contributed by atoms with Crippen molar-refractivity contribution in [2.45, 2.75) is 19.3 Å². The molecule has 0 saturated carbocycles. The normalized spacial score (nSPS) is 13.4. The van der Waals surface area contributed by atoms with E-state index in [4.69, 9.17) is 0 Å². The SMILES string of the molecule is CC1(C)c2ccccc2-c2c1ccc1c2c2cc(-c3ccc4sc5cccc(-c6ccc7c8ccccc8c8ccccc8c7c6)c5c4c3)ccc2n1-c1ccccc1. The van der Waals surface area contributed by atoms with Gasteiger partial charge in [-0.15, -0.1) is 11.3 Å². The highest BCUT2D eigenvalue weighted by molar-refractivity contribution is 7.26. The summed E-state index contributed by atoms with van der Waals surface area (Å²) in [6.07, 6.45) is 0. The molecule has 276 valence electrons. The molecule has 2 heterocycles. The van der Waals surface area contributed by atoms with Crippen molar-refractivity contribution in [2.24, 2.45) is 0 Å². The molecule has 0 fully saturated rings. The van der Waals surface area contributed by atoms with E-state index < -0.39 is 0 Å². The van der Waals surface area contributed by atoms with Crippen LogP contribution in [0.5, 0.6) is 0 Å². The molecule has 0 bridgehead atoms. The molecular weight excluding hydrogens is 731 g/mol. The van der Waals surface area contributed by atoms with Gasteiger partial charge in [-0.1, -0.05) is 147 Å². The van der Waals surface area contributed by atoms with Gasteiger partial charge in [-0.25, -0.2) is 0 Å². The van der Waals surface area contributed by atoms with E-state index in [1.54, 1.807) is 0 Å². The molecule has 1 nitrogen and oxygen atoms in total. The number of hydrogen-bond acceptors (Lipinski definition) is 1. The Bertz CT molecular complexity index is 3710. The fourth-order valence-electron chi connectivity index (χ4n) is 10.7. The lowest BCUT2D eigenvalue weighted by Gasteiger charge is -2.21. The van der Waals surface area contributed by atoms with E-state index >= 15 is 0 Å². The average Bonchev–Trinajstić information content (AvgIpc) is 3.91. The molecule has 0 unspecified atom stereocenters. The molecular formula is C57H37NS. The smallest absolute Gasteiger partial charge is 0.0547 e. The zero-order chi connectivity index (χ0) is 39.0. The van der Waals surface area contributed by atoms with Crippen molar-refractivity contribution in [3.63, 3.8) is 0 Å². The van der Waals surface area contributed by atoms with Crippen LogP contribution in [0, 0.1) is 0 Å². The van der Waals surface area contributed by atoms with Crippen LogP contribution in [0.1, 0.15) is 25.0 Å². The minimum atomic E-state index is -0.0758. The summed E-state index contributed by atoms with van der Waals surface area (Å²) >= 11 is 1.89. The number of para-hydroxylation sites is 1. The molecule has 59 heavy (non-hydrogen) atoms. The first-order chi connectivity index (χ1) is 29.0. The van der Waals surface area contributed by atoms with E-state index in [1.165, 1.54) is 124 Å². The molecule has 0 N–H and O–H groups in total. The van der Waals surface area contributed by atoms with Crippen LogP contribution in [0.15, 0.2) is 188 Å². The van der Waals surface area contributed by atoms with Crippen LogP contribution in [0.3, 0.4) is 0 Å².